The SMILES string of the molecule is O=C(O)C1=C(C(=O)O)CC1.O=C1OC(=O)C1CCC1C(=O)OC1=O. The Hall–Kier alpha value is -3.04. The topological polar surface area (TPSA) is 161 Å². The first-order valence-corrected chi connectivity index (χ1v) is 6.92. The van der Waals surface area contributed by atoms with Gasteiger partial charge in [-0.1, -0.05) is 0 Å². The van der Waals surface area contributed by atoms with E-state index in [2.05, 4.69) is 9.47 Å². The van der Waals surface area contributed by atoms with Crippen LogP contribution in [-0.4, -0.2) is 46.0 Å². The summed E-state index contributed by atoms with van der Waals surface area (Å²) in [7, 11) is 0. The van der Waals surface area contributed by atoms with Crippen molar-refractivity contribution in [2.75, 3.05) is 0 Å². The van der Waals surface area contributed by atoms with Gasteiger partial charge in [0, 0.05) is 11.1 Å². The Morgan fingerprint density at radius 3 is 1.21 bits per heavy atom. The van der Waals surface area contributed by atoms with Gasteiger partial charge in [0.1, 0.15) is 0 Å². The monoisotopic (exact) mass is 340 g/mol. The molecule has 0 saturated carbocycles. The van der Waals surface area contributed by atoms with Gasteiger partial charge in [0.15, 0.2) is 11.8 Å². The van der Waals surface area contributed by atoms with Gasteiger partial charge in [0.05, 0.1) is 0 Å². The van der Waals surface area contributed by atoms with Gasteiger partial charge in [-0.3, -0.25) is 19.2 Å². The molecule has 0 aromatic carbocycles. The normalized spacial score (nSPS) is 20.0. The molecule has 0 unspecified atom stereocenters. The number of rotatable bonds is 5. The number of hydrogen-bond donors (Lipinski definition) is 2. The van der Waals surface area contributed by atoms with Crippen LogP contribution in [0.3, 0.4) is 0 Å². The maximum Gasteiger partial charge on any atom is 0.332 e. The van der Waals surface area contributed by atoms with Crippen molar-refractivity contribution in [2.24, 2.45) is 11.8 Å². The molecule has 3 rings (SSSR count). The van der Waals surface area contributed by atoms with Gasteiger partial charge in [-0.15, -0.1) is 0 Å². The maximum atomic E-state index is 10.7. The summed E-state index contributed by atoms with van der Waals surface area (Å²) in [4.78, 5) is 63.1. The minimum Gasteiger partial charge on any atom is -0.478 e. The molecule has 10 nitrogen and oxygen atoms in total. The third-order valence-corrected chi connectivity index (χ3v) is 3.79. The van der Waals surface area contributed by atoms with Crippen LogP contribution in [0.2, 0.25) is 0 Å². The lowest BCUT2D eigenvalue weighted by Crippen LogP contribution is -2.44. The first-order valence-electron chi connectivity index (χ1n) is 6.92. The summed E-state index contributed by atoms with van der Waals surface area (Å²) >= 11 is 0. The Morgan fingerprint density at radius 1 is 0.750 bits per heavy atom. The molecule has 10 heteroatoms. The molecular formula is C14H12O10. The van der Waals surface area contributed by atoms with Crippen molar-refractivity contribution in [3.8, 4) is 0 Å². The van der Waals surface area contributed by atoms with Crippen LogP contribution < -0.4 is 0 Å². The molecule has 0 bridgehead atoms. The molecule has 2 heterocycles. The van der Waals surface area contributed by atoms with Gasteiger partial charge in [0.25, 0.3) is 0 Å². The second-order valence-electron chi connectivity index (χ2n) is 5.23. The van der Waals surface area contributed by atoms with E-state index in [-0.39, 0.29) is 24.0 Å². The fourth-order valence-corrected chi connectivity index (χ4v) is 2.21. The predicted molar refractivity (Wildman–Crippen MR) is 69.9 cm³/mol. The number of ether oxygens (including phenoxy) is 2. The van der Waals surface area contributed by atoms with Gasteiger partial charge < -0.3 is 19.7 Å². The Bertz CT molecular complexity index is 600. The van der Waals surface area contributed by atoms with E-state index >= 15 is 0 Å². The number of carbonyl (C=O) groups is 6. The molecule has 0 radical (unpaired) electrons. The van der Waals surface area contributed by atoms with Gasteiger partial charge in [-0.25, -0.2) is 9.59 Å². The largest absolute Gasteiger partial charge is 0.478 e. The Labute approximate surface area is 134 Å². The van der Waals surface area contributed by atoms with Crippen LogP contribution in [0.4, 0.5) is 0 Å². The molecule has 1 aliphatic carbocycles. The molecule has 0 spiro atoms. The smallest absolute Gasteiger partial charge is 0.332 e. The zero-order valence-electron chi connectivity index (χ0n) is 12.1. The fourth-order valence-electron chi connectivity index (χ4n) is 2.21. The van der Waals surface area contributed by atoms with E-state index in [0.29, 0.717) is 12.8 Å². The highest BCUT2D eigenvalue weighted by Crippen LogP contribution is 2.28. The third kappa shape index (κ3) is 3.31. The quantitative estimate of drug-likeness (QED) is 0.488. The lowest BCUT2D eigenvalue weighted by molar-refractivity contribution is -0.189. The first-order chi connectivity index (χ1) is 11.2. The van der Waals surface area contributed by atoms with Crippen molar-refractivity contribution in [3.05, 3.63) is 11.1 Å². The second-order valence-corrected chi connectivity index (χ2v) is 5.23. The molecule has 2 N–H and O–H groups in total. The second kappa shape index (κ2) is 6.60. The maximum absolute atomic E-state index is 10.7. The average Bonchev–Trinajstić information content (AvgIpc) is 2.41. The van der Waals surface area contributed by atoms with Gasteiger partial charge in [-0.2, -0.15) is 0 Å². The standard InChI is InChI=1S/C8H6O6.C6H6O4/c9-5-3(6(10)13-5)1-2-4-7(11)14-8(4)12;7-5(8)3-1-2-4(3)6(9)10/h3-4H,1-2H2;1-2H2,(H,7,8)(H,9,10). The molecule has 0 aromatic heterocycles. The highest BCUT2D eigenvalue weighted by Gasteiger charge is 2.46. The van der Waals surface area contributed by atoms with Crippen LogP contribution in [-0.2, 0) is 38.2 Å². The Kier molecular flexibility index (Phi) is 4.77. The van der Waals surface area contributed by atoms with Crippen molar-refractivity contribution >= 4 is 35.8 Å². The lowest BCUT2D eigenvalue weighted by Gasteiger charge is -2.25. The van der Waals surface area contributed by atoms with Crippen LogP contribution in [0.15, 0.2) is 11.1 Å². The molecule has 2 saturated heterocycles. The van der Waals surface area contributed by atoms with E-state index in [4.69, 9.17) is 10.2 Å². The van der Waals surface area contributed by atoms with Crippen molar-refractivity contribution in [1.29, 1.82) is 0 Å². The molecule has 24 heavy (non-hydrogen) atoms. The zero-order chi connectivity index (χ0) is 18.0. The molecule has 0 aromatic rings. The van der Waals surface area contributed by atoms with E-state index in [1.807, 2.05) is 0 Å². The number of carboxylic acids is 2. The summed E-state index contributed by atoms with van der Waals surface area (Å²) in [6.07, 6.45) is 1.11. The summed E-state index contributed by atoms with van der Waals surface area (Å²) < 4.78 is 8.22. The van der Waals surface area contributed by atoms with Crippen LogP contribution >= 0.6 is 0 Å². The van der Waals surface area contributed by atoms with E-state index in [9.17, 15) is 28.8 Å². The van der Waals surface area contributed by atoms with Crippen LogP contribution in [0.25, 0.3) is 0 Å². The first kappa shape index (κ1) is 17.3. The average molecular weight is 340 g/mol. The molecule has 2 fully saturated rings. The van der Waals surface area contributed by atoms with E-state index in [1.165, 1.54) is 0 Å². The minimum absolute atomic E-state index is 0.0486. The van der Waals surface area contributed by atoms with Crippen molar-refractivity contribution < 1.29 is 48.5 Å². The summed E-state index contributed by atoms with van der Waals surface area (Å²) in [5, 5.41) is 16.7. The third-order valence-electron chi connectivity index (χ3n) is 3.79. The molecule has 3 aliphatic rings. The van der Waals surface area contributed by atoms with Crippen molar-refractivity contribution in [3.63, 3.8) is 0 Å². The Morgan fingerprint density at radius 2 is 1.04 bits per heavy atom. The van der Waals surface area contributed by atoms with E-state index < -0.39 is 47.7 Å². The zero-order valence-corrected chi connectivity index (χ0v) is 12.1. The summed E-state index contributed by atoms with van der Waals surface area (Å²) in [5.41, 5.74) is 0.0972. The number of aliphatic carboxylic acids is 2. The van der Waals surface area contributed by atoms with Crippen LogP contribution in [0.5, 0.6) is 0 Å². The van der Waals surface area contributed by atoms with E-state index in [0.717, 1.165) is 0 Å². The number of hydrogen-bond acceptors (Lipinski definition) is 8. The molecule has 2 aliphatic heterocycles. The number of esters is 4. The molecule has 0 amide bonds. The number of carbonyl (C=O) groups excluding carboxylic acids is 4. The molecule has 0 atom stereocenters. The highest BCUT2D eigenvalue weighted by atomic mass is 16.6. The van der Waals surface area contributed by atoms with Crippen molar-refractivity contribution in [2.45, 2.75) is 25.7 Å². The Balaban J connectivity index is 0.000000185. The lowest BCUT2D eigenvalue weighted by atomic mass is 9.89. The summed E-state index contributed by atoms with van der Waals surface area (Å²) in [5.74, 6) is -6.16. The fraction of sp³-hybridized carbons (Fsp3) is 0.429. The number of carboxylic acid groups (broad SMARTS) is 2. The molecule has 128 valence electrons. The predicted octanol–water partition coefficient (Wildman–Crippen LogP) is -0.588. The van der Waals surface area contributed by atoms with Gasteiger partial charge in [0.2, 0.25) is 0 Å². The summed E-state index contributed by atoms with van der Waals surface area (Å²) in [6, 6.07) is 0. The molecular weight excluding hydrogens is 328 g/mol. The van der Waals surface area contributed by atoms with E-state index in [1.54, 1.807) is 0 Å². The minimum atomic E-state index is -1.11. The van der Waals surface area contributed by atoms with Gasteiger partial charge in [-0.05, 0) is 25.7 Å². The van der Waals surface area contributed by atoms with Crippen LogP contribution in [0, 0.1) is 11.8 Å². The van der Waals surface area contributed by atoms with Crippen molar-refractivity contribution in [1.82, 2.24) is 0 Å². The highest BCUT2D eigenvalue weighted by molar-refractivity contribution is 6.10. The summed E-state index contributed by atoms with van der Waals surface area (Å²) in [6.45, 7) is 0. The van der Waals surface area contributed by atoms with Gasteiger partial charge >= 0.3 is 35.8 Å². The van der Waals surface area contributed by atoms with Crippen LogP contribution in [0.1, 0.15) is 25.7 Å². The number of cyclic esters (lactones) is 4.